The molecular formula is C17H14N2O4. The van der Waals surface area contributed by atoms with Gasteiger partial charge in [-0.1, -0.05) is 30.3 Å². The number of nitro groups is 1. The van der Waals surface area contributed by atoms with Crippen molar-refractivity contribution >= 4 is 22.6 Å². The average Bonchev–Trinajstić information content (AvgIpc) is 2.99. The van der Waals surface area contributed by atoms with Gasteiger partial charge < -0.3 is 9.72 Å². The van der Waals surface area contributed by atoms with E-state index in [1.54, 1.807) is 25.1 Å². The van der Waals surface area contributed by atoms with Crippen molar-refractivity contribution in [2.24, 2.45) is 0 Å². The van der Waals surface area contributed by atoms with Gasteiger partial charge in [-0.15, -0.1) is 0 Å². The monoisotopic (exact) mass is 310 g/mol. The van der Waals surface area contributed by atoms with Gasteiger partial charge in [0.1, 0.15) is 11.8 Å². The third-order valence-corrected chi connectivity index (χ3v) is 3.58. The highest BCUT2D eigenvalue weighted by atomic mass is 16.6. The lowest BCUT2D eigenvalue weighted by atomic mass is 10.1. The molecule has 0 radical (unpaired) electrons. The first-order valence-corrected chi connectivity index (χ1v) is 7.07. The van der Waals surface area contributed by atoms with E-state index in [4.69, 9.17) is 4.74 Å². The lowest BCUT2D eigenvalue weighted by Crippen LogP contribution is -2.09. The topological polar surface area (TPSA) is 85.2 Å². The maximum Gasteiger partial charge on any atom is 0.355 e. The Bertz CT molecular complexity index is 852. The van der Waals surface area contributed by atoms with E-state index in [0.29, 0.717) is 11.3 Å². The number of carbonyl (C=O) groups excluding carboxylic acids is 1. The molecular weight excluding hydrogens is 296 g/mol. The maximum atomic E-state index is 12.2. The Kier molecular flexibility index (Phi) is 3.80. The highest BCUT2D eigenvalue weighted by molar-refractivity contribution is 5.94. The number of aromatic amines is 1. The summed E-state index contributed by atoms with van der Waals surface area (Å²) in [4.78, 5) is 25.6. The fourth-order valence-corrected chi connectivity index (χ4v) is 2.37. The van der Waals surface area contributed by atoms with E-state index in [-0.39, 0.29) is 5.69 Å². The number of non-ortho nitro benzene ring substituents is 1. The number of para-hydroxylation sites is 1. The van der Waals surface area contributed by atoms with Crippen molar-refractivity contribution in [2.75, 3.05) is 0 Å². The average molecular weight is 310 g/mol. The van der Waals surface area contributed by atoms with E-state index in [1.807, 2.05) is 24.3 Å². The summed E-state index contributed by atoms with van der Waals surface area (Å²) in [6.45, 7) is 1.68. The first kappa shape index (κ1) is 14.8. The number of hydrogen-bond acceptors (Lipinski definition) is 4. The van der Waals surface area contributed by atoms with Gasteiger partial charge in [-0.05, 0) is 24.6 Å². The van der Waals surface area contributed by atoms with Gasteiger partial charge >= 0.3 is 5.97 Å². The molecule has 1 N–H and O–H groups in total. The summed E-state index contributed by atoms with van der Waals surface area (Å²) < 4.78 is 5.39. The fourth-order valence-electron chi connectivity index (χ4n) is 2.37. The lowest BCUT2D eigenvalue weighted by molar-refractivity contribution is -0.385. The molecule has 0 bridgehead atoms. The second kappa shape index (κ2) is 5.92. The van der Waals surface area contributed by atoms with Gasteiger partial charge in [0, 0.05) is 23.0 Å². The Balaban J connectivity index is 1.79. The SMILES string of the molecule is C[C@H](OC(=O)c1cc2ccccc2[nH]1)c1cccc([N+](=O)[O-])c1. The molecule has 0 spiro atoms. The highest BCUT2D eigenvalue weighted by Crippen LogP contribution is 2.23. The molecule has 1 heterocycles. The molecule has 0 fully saturated rings. The molecule has 3 aromatic rings. The second-order valence-corrected chi connectivity index (χ2v) is 5.17. The Labute approximate surface area is 131 Å². The second-order valence-electron chi connectivity index (χ2n) is 5.17. The number of esters is 1. The predicted octanol–water partition coefficient (Wildman–Crippen LogP) is 3.99. The molecule has 6 heteroatoms. The molecule has 0 aliphatic heterocycles. The first-order valence-electron chi connectivity index (χ1n) is 7.07. The highest BCUT2D eigenvalue weighted by Gasteiger charge is 2.17. The van der Waals surface area contributed by atoms with Crippen LogP contribution >= 0.6 is 0 Å². The van der Waals surface area contributed by atoms with E-state index >= 15 is 0 Å². The van der Waals surface area contributed by atoms with Crippen LogP contribution in [0.3, 0.4) is 0 Å². The summed E-state index contributed by atoms with van der Waals surface area (Å²) in [5, 5.41) is 11.7. The molecule has 23 heavy (non-hydrogen) atoms. The van der Waals surface area contributed by atoms with Crippen LogP contribution in [0.25, 0.3) is 10.9 Å². The van der Waals surface area contributed by atoms with Gasteiger partial charge in [0.25, 0.3) is 5.69 Å². The summed E-state index contributed by atoms with van der Waals surface area (Å²) >= 11 is 0. The standard InChI is InChI=1S/C17H14N2O4/c1-11(12-6-4-7-14(9-12)19(21)22)23-17(20)16-10-13-5-2-3-8-15(13)18-16/h2-11,18H,1H3/t11-/m0/s1. The van der Waals surface area contributed by atoms with Crippen molar-refractivity contribution in [2.45, 2.75) is 13.0 Å². The number of nitrogens with zero attached hydrogens (tertiary/aromatic N) is 1. The van der Waals surface area contributed by atoms with E-state index in [2.05, 4.69) is 4.98 Å². The van der Waals surface area contributed by atoms with Gasteiger partial charge in [0.15, 0.2) is 0 Å². The number of aromatic nitrogens is 1. The lowest BCUT2D eigenvalue weighted by Gasteiger charge is -2.12. The zero-order valence-corrected chi connectivity index (χ0v) is 12.4. The molecule has 0 saturated carbocycles. The zero-order chi connectivity index (χ0) is 16.4. The minimum absolute atomic E-state index is 0.0315. The third kappa shape index (κ3) is 3.06. The van der Waals surface area contributed by atoms with Crippen LogP contribution in [0, 0.1) is 10.1 Å². The number of ether oxygens (including phenoxy) is 1. The molecule has 0 saturated heterocycles. The number of nitrogens with one attached hydrogen (secondary N) is 1. The number of hydrogen-bond donors (Lipinski definition) is 1. The van der Waals surface area contributed by atoms with E-state index < -0.39 is 17.0 Å². The van der Waals surface area contributed by atoms with Crippen LogP contribution < -0.4 is 0 Å². The first-order chi connectivity index (χ1) is 11.0. The zero-order valence-electron chi connectivity index (χ0n) is 12.4. The molecule has 1 atom stereocenters. The Morgan fingerprint density at radius 1 is 1.17 bits per heavy atom. The number of fused-ring (bicyclic) bond motifs is 1. The van der Waals surface area contributed by atoms with Crippen molar-refractivity contribution in [3.8, 4) is 0 Å². The molecule has 0 aliphatic carbocycles. The van der Waals surface area contributed by atoms with Crippen molar-refractivity contribution in [1.82, 2.24) is 4.98 Å². The predicted molar refractivity (Wildman–Crippen MR) is 85.2 cm³/mol. The number of rotatable bonds is 4. The number of H-pyrrole nitrogens is 1. The summed E-state index contributed by atoms with van der Waals surface area (Å²) in [5.74, 6) is -0.500. The van der Waals surface area contributed by atoms with Gasteiger partial charge in [0.2, 0.25) is 0 Å². The van der Waals surface area contributed by atoms with Gasteiger partial charge in [0.05, 0.1) is 4.92 Å². The van der Waals surface area contributed by atoms with Crippen LogP contribution in [0.1, 0.15) is 29.1 Å². The van der Waals surface area contributed by atoms with Crippen LogP contribution in [0.2, 0.25) is 0 Å². The number of nitro benzene ring substituents is 1. The van der Waals surface area contributed by atoms with Gasteiger partial charge in [-0.3, -0.25) is 10.1 Å². The quantitative estimate of drug-likeness (QED) is 0.448. The number of carbonyl (C=O) groups is 1. The summed E-state index contributed by atoms with van der Waals surface area (Å²) in [6, 6.07) is 15.3. The van der Waals surface area contributed by atoms with Crippen LogP contribution in [-0.4, -0.2) is 15.9 Å². The van der Waals surface area contributed by atoms with E-state index in [0.717, 1.165) is 10.9 Å². The molecule has 0 amide bonds. The molecule has 2 aromatic carbocycles. The fraction of sp³-hybridized carbons (Fsp3) is 0.118. The van der Waals surface area contributed by atoms with Crippen LogP contribution in [-0.2, 0) is 4.74 Å². The summed E-state index contributed by atoms with van der Waals surface area (Å²) in [7, 11) is 0. The van der Waals surface area contributed by atoms with Gasteiger partial charge in [-0.25, -0.2) is 4.79 Å². The Hall–Kier alpha value is -3.15. The Morgan fingerprint density at radius 2 is 1.96 bits per heavy atom. The Morgan fingerprint density at radius 3 is 2.70 bits per heavy atom. The molecule has 6 nitrogen and oxygen atoms in total. The van der Waals surface area contributed by atoms with Crippen LogP contribution in [0.5, 0.6) is 0 Å². The van der Waals surface area contributed by atoms with Crippen molar-refractivity contribution in [3.63, 3.8) is 0 Å². The van der Waals surface area contributed by atoms with Crippen molar-refractivity contribution in [1.29, 1.82) is 0 Å². The normalized spacial score (nSPS) is 12.0. The molecule has 1 aromatic heterocycles. The summed E-state index contributed by atoms with van der Waals surface area (Å²) in [5.41, 5.74) is 1.74. The minimum Gasteiger partial charge on any atom is -0.453 e. The van der Waals surface area contributed by atoms with Crippen molar-refractivity contribution in [3.05, 3.63) is 76.0 Å². The van der Waals surface area contributed by atoms with Crippen molar-refractivity contribution < 1.29 is 14.5 Å². The largest absolute Gasteiger partial charge is 0.453 e. The molecule has 116 valence electrons. The third-order valence-electron chi connectivity index (χ3n) is 3.58. The van der Waals surface area contributed by atoms with Gasteiger partial charge in [-0.2, -0.15) is 0 Å². The smallest absolute Gasteiger partial charge is 0.355 e. The maximum absolute atomic E-state index is 12.2. The van der Waals surface area contributed by atoms with E-state index in [1.165, 1.54) is 12.1 Å². The molecule has 0 unspecified atom stereocenters. The van der Waals surface area contributed by atoms with Crippen LogP contribution in [0.4, 0.5) is 5.69 Å². The number of benzene rings is 2. The van der Waals surface area contributed by atoms with E-state index in [9.17, 15) is 14.9 Å². The summed E-state index contributed by atoms with van der Waals surface area (Å²) in [6.07, 6.45) is -0.589. The van der Waals surface area contributed by atoms with Crippen LogP contribution in [0.15, 0.2) is 54.6 Å². The minimum atomic E-state index is -0.589. The molecule has 3 rings (SSSR count). The molecule has 0 aliphatic rings.